The van der Waals surface area contributed by atoms with E-state index in [1.54, 1.807) is 11.3 Å². The largest absolute Gasteiger partial charge is 0.317 e. The van der Waals surface area contributed by atoms with Crippen LogP contribution in [0.5, 0.6) is 0 Å². The van der Waals surface area contributed by atoms with Crippen LogP contribution in [0.1, 0.15) is 24.8 Å². The first-order valence-electron chi connectivity index (χ1n) is 6.27. The molecular weight excluding hydrogens is 296 g/mol. The monoisotopic (exact) mass is 316 g/mol. The van der Waals surface area contributed by atoms with Gasteiger partial charge in [0.15, 0.2) is 0 Å². The van der Waals surface area contributed by atoms with Crippen LogP contribution in [0.3, 0.4) is 0 Å². The van der Waals surface area contributed by atoms with Gasteiger partial charge in [0.1, 0.15) is 0 Å². The molecule has 96 valence electrons. The minimum absolute atomic E-state index is 0.728. The molecule has 1 aliphatic carbocycles. The highest BCUT2D eigenvalue weighted by Crippen LogP contribution is 2.27. The highest BCUT2D eigenvalue weighted by atomic mass is 79.9. The van der Waals surface area contributed by atoms with Crippen molar-refractivity contribution in [2.45, 2.75) is 31.8 Å². The third kappa shape index (κ3) is 3.78. The van der Waals surface area contributed by atoms with Gasteiger partial charge in [-0.05, 0) is 65.8 Å². The number of nitrogens with zero attached hydrogens (tertiary/aromatic N) is 1. The Bertz CT molecular complexity index is 353. The van der Waals surface area contributed by atoms with Crippen molar-refractivity contribution in [3.05, 3.63) is 20.8 Å². The van der Waals surface area contributed by atoms with Crippen molar-refractivity contribution in [2.75, 3.05) is 20.6 Å². The van der Waals surface area contributed by atoms with Crippen molar-refractivity contribution in [1.82, 2.24) is 10.2 Å². The van der Waals surface area contributed by atoms with Gasteiger partial charge in [0.2, 0.25) is 0 Å². The number of rotatable bonds is 5. The fraction of sp³-hybridized carbons (Fsp3) is 0.692. The number of nitrogens with one attached hydrogen (secondary N) is 1. The van der Waals surface area contributed by atoms with Crippen molar-refractivity contribution >= 4 is 27.3 Å². The number of hydrogen-bond acceptors (Lipinski definition) is 3. The van der Waals surface area contributed by atoms with Gasteiger partial charge in [0.25, 0.3) is 0 Å². The Kier molecular flexibility index (Phi) is 5.03. The fourth-order valence-corrected chi connectivity index (χ4v) is 4.04. The van der Waals surface area contributed by atoms with Crippen molar-refractivity contribution in [3.63, 3.8) is 0 Å². The minimum atomic E-state index is 0.728. The Labute approximate surface area is 117 Å². The molecule has 1 saturated carbocycles. The van der Waals surface area contributed by atoms with Gasteiger partial charge >= 0.3 is 0 Å². The number of halogens is 1. The molecule has 1 fully saturated rings. The molecule has 2 unspecified atom stereocenters. The zero-order valence-electron chi connectivity index (χ0n) is 10.6. The molecular formula is C13H21BrN2S. The molecule has 0 aromatic carbocycles. The smallest absolute Gasteiger partial charge is 0.0701 e. The molecule has 0 radical (unpaired) electrons. The normalized spacial score (nSPS) is 24.7. The molecule has 1 aliphatic rings. The van der Waals surface area contributed by atoms with Crippen LogP contribution in [0.25, 0.3) is 0 Å². The topological polar surface area (TPSA) is 15.3 Å². The average molecular weight is 317 g/mol. The molecule has 0 aliphatic heterocycles. The van der Waals surface area contributed by atoms with E-state index < -0.39 is 0 Å². The van der Waals surface area contributed by atoms with Gasteiger partial charge in [-0.25, -0.2) is 0 Å². The second-order valence-corrected chi connectivity index (χ2v) is 7.33. The fourth-order valence-electron chi connectivity index (χ4n) is 2.84. The maximum absolute atomic E-state index is 3.52. The molecule has 17 heavy (non-hydrogen) atoms. The summed E-state index contributed by atoms with van der Waals surface area (Å²) in [5, 5.41) is 5.70. The summed E-state index contributed by atoms with van der Waals surface area (Å²) >= 11 is 5.29. The van der Waals surface area contributed by atoms with Crippen LogP contribution >= 0.6 is 27.3 Å². The van der Waals surface area contributed by atoms with Crippen LogP contribution in [0.4, 0.5) is 0 Å². The summed E-state index contributed by atoms with van der Waals surface area (Å²) in [5.41, 5.74) is 1.42. The lowest BCUT2D eigenvalue weighted by Crippen LogP contribution is -2.36. The molecule has 2 nitrogen and oxygen atoms in total. The zero-order valence-corrected chi connectivity index (χ0v) is 13.0. The van der Waals surface area contributed by atoms with E-state index in [0.717, 1.165) is 18.5 Å². The van der Waals surface area contributed by atoms with Gasteiger partial charge in [-0.1, -0.05) is 6.42 Å². The standard InChI is InChI=1S/C13H21BrN2S/c1-15-12-5-3-4-11(12)8-16(2)7-10-6-13(14)17-9-10/h6,9,11-12,15H,3-5,7-8H2,1-2H3. The Morgan fingerprint density at radius 3 is 3.00 bits per heavy atom. The molecule has 4 heteroatoms. The van der Waals surface area contributed by atoms with E-state index in [9.17, 15) is 0 Å². The Balaban J connectivity index is 1.82. The van der Waals surface area contributed by atoms with Crippen LogP contribution in [0.2, 0.25) is 0 Å². The first kappa shape index (κ1) is 13.5. The van der Waals surface area contributed by atoms with Crippen molar-refractivity contribution < 1.29 is 0 Å². The molecule has 1 N–H and O–H groups in total. The van der Waals surface area contributed by atoms with Crippen LogP contribution in [-0.4, -0.2) is 31.6 Å². The third-order valence-corrected chi connectivity index (χ3v) is 5.20. The second-order valence-electron chi connectivity index (χ2n) is 5.04. The highest BCUT2D eigenvalue weighted by molar-refractivity contribution is 9.11. The summed E-state index contributed by atoms with van der Waals surface area (Å²) in [7, 11) is 4.33. The summed E-state index contributed by atoms with van der Waals surface area (Å²) < 4.78 is 1.23. The first-order valence-corrected chi connectivity index (χ1v) is 7.95. The zero-order chi connectivity index (χ0) is 12.3. The van der Waals surface area contributed by atoms with Crippen LogP contribution in [0.15, 0.2) is 15.2 Å². The van der Waals surface area contributed by atoms with E-state index in [-0.39, 0.29) is 0 Å². The molecule has 2 atom stereocenters. The summed E-state index contributed by atoms with van der Waals surface area (Å²) in [6, 6.07) is 2.96. The van der Waals surface area contributed by atoms with E-state index >= 15 is 0 Å². The lowest BCUT2D eigenvalue weighted by atomic mass is 10.0. The molecule has 0 amide bonds. The quantitative estimate of drug-likeness (QED) is 0.896. The number of hydrogen-bond donors (Lipinski definition) is 1. The second kappa shape index (κ2) is 6.32. The molecule has 1 aromatic heterocycles. The van der Waals surface area contributed by atoms with Gasteiger partial charge in [0.05, 0.1) is 3.79 Å². The average Bonchev–Trinajstić information content (AvgIpc) is 2.87. The molecule has 0 bridgehead atoms. The van der Waals surface area contributed by atoms with E-state index in [1.165, 1.54) is 35.2 Å². The van der Waals surface area contributed by atoms with Gasteiger partial charge < -0.3 is 10.2 Å². The minimum Gasteiger partial charge on any atom is -0.317 e. The van der Waals surface area contributed by atoms with Crippen LogP contribution in [0, 0.1) is 5.92 Å². The maximum atomic E-state index is 3.52. The highest BCUT2D eigenvalue weighted by Gasteiger charge is 2.26. The van der Waals surface area contributed by atoms with Crippen molar-refractivity contribution in [3.8, 4) is 0 Å². The van der Waals surface area contributed by atoms with Gasteiger partial charge in [-0.2, -0.15) is 0 Å². The first-order chi connectivity index (χ1) is 8.19. The summed E-state index contributed by atoms with van der Waals surface area (Å²) in [5.74, 6) is 0.826. The lowest BCUT2D eigenvalue weighted by molar-refractivity contribution is 0.249. The predicted molar refractivity (Wildman–Crippen MR) is 78.5 cm³/mol. The van der Waals surface area contributed by atoms with Crippen LogP contribution in [-0.2, 0) is 6.54 Å². The van der Waals surface area contributed by atoms with Gasteiger partial charge in [-0.15, -0.1) is 11.3 Å². The lowest BCUT2D eigenvalue weighted by Gasteiger charge is -2.25. The Morgan fingerprint density at radius 1 is 1.53 bits per heavy atom. The van der Waals surface area contributed by atoms with Crippen molar-refractivity contribution in [1.29, 1.82) is 0 Å². The maximum Gasteiger partial charge on any atom is 0.0701 e. The summed E-state index contributed by atoms with van der Waals surface area (Å²) in [6.45, 7) is 2.27. The third-order valence-electron chi connectivity index (χ3n) is 3.65. The van der Waals surface area contributed by atoms with Gasteiger partial charge in [-0.3, -0.25) is 0 Å². The molecule has 0 spiro atoms. The Hall–Kier alpha value is 0.100. The predicted octanol–water partition coefficient (Wildman–Crippen LogP) is 3.33. The van der Waals surface area contributed by atoms with Crippen LogP contribution < -0.4 is 5.32 Å². The number of thiophene rings is 1. The summed E-state index contributed by atoms with van der Waals surface area (Å²) in [6.07, 6.45) is 4.11. The Morgan fingerprint density at radius 2 is 2.35 bits per heavy atom. The van der Waals surface area contributed by atoms with E-state index in [0.29, 0.717) is 0 Å². The van der Waals surface area contributed by atoms with Gasteiger partial charge in [0, 0.05) is 19.1 Å². The van der Waals surface area contributed by atoms with E-state index in [4.69, 9.17) is 0 Å². The molecule has 0 saturated heterocycles. The molecule has 2 rings (SSSR count). The SMILES string of the molecule is CNC1CCCC1CN(C)Cc1csc(Br)c1. The van der Waals surface area contributed by atoms with E-state index in [2.05, 4.69) is 51.7 Å². The molecule has 1 aromatic rings. The van der Waals surface area contributed by atoms with E-state index in [1.807, 2.05) is 0 Å². The molecule has 1 heterocycles. The van der Waals surface area contributed by atoms with Crippen molar-refractivity contribution in [2.24, 2.45) is 5.92 Å². The summed E-state index contributed by atoms with van der Waals surface area (Å²) in [4.78, 5) is 2.45.